The van der Waals surface area contributed by atoms with Crippen LogP contribution in [0, 0.1) is 0 Å². The van der Waals surface area contributed by atoms with Gasteiger partial charge in [0.2, 0.25) is 0 Å². The minimum absolute atomic E-state index is 0.256. The molecule has 0 aromatic rings. The summed E-state index contributed by atoms with van der Waals surface area (Å²) in [5.74, 6) is 0. The largest absolute Gasteiger partial charge is 0.315 e. The predicted octanol–water partition coefficient (Wildman–Crippen LogP) is 2.34. The molecule has 0 saturated carbocycles. The number of hydrogen-bond acceptors (Lipinski definition) is 1. The van der Waals surface area contributed by atoms with E-state index in [1.54, 1.807) is 0 Å². The summed E-state index contributed by atoms with van der Waals surface area (Å²) in [6.45, 7) is 6.56. The zero-order valence-corrected chi connectivity index (χ0v) is 7.57. The third-order valence-electron chi connectivity index (χ3n) is 1.71. The molecule has 0 fully saturated rings. The molecule has 0 aliphatic heterocycles. The van der Waals surface area contributed by atoms with Crippen molar-refractivity contribution in [2.24, 2.45) is 0 Å². The zero-order chi connectivity index (χ0) is 8.04. The number of allylic oxidation sites excluding steroid dienone is 1. The van der Waals surface area contributed by atoms with E-state index in [2.05, 4.69) is 38.2 Å². The highest BCUT2D eigenvalue weighted by Crippen LogP contribution is 2.07. The first-order valence-electron chi connectivity index (χ1n) is 3.96. The molecule has 0 spiro atoms. The van der Waals surface area contributed by atoms with Crippen molar-refractivity contribution in [2.45, 2.75) is 39.2 Å². The van der Waals surface area contributed by atoms with Crippen molar-refractivity contribution in [1.29, 1.82) is 0 Å². The maximum absolute atomic E-state index is 3.25. The fraction of sp³-hybridized carbons (Fsp3) is 0.778. The molecule has 0 heterocycles. The van der Waals surface area contributed by atoms with E-state index in [1.807, 2.05) is 7.05 Å². The van der Waals surface area contributed by atoms with Gasteiger partial charge in [-0.2, -0.15) is 0 Å². The smallest absolute Gasteiger partial charge is 0.0156 e. The van der Waals surface area contributed by atoms with Crippen LogP contribution in [0.2, 0.25) is 0 Å². The van der Waals surface area contributed by atoms with Gasteiger partial charge in [-0.05, 0) is 33.7 Å². The Morgan fingerprint density at radius 3 is 2.30 bits per heavy atom. The van der Waals surface area contributed by atoms with Crippen LogP contribution in [0.5, 0.6) is 0 Å². The average molecular weight is 141 g/mol. The molecule has 10 heavy (non-hydrogen) atoms. The topological polar surface area (TPSA) is 12.0 Å². The molecule has 0 aliphatic rings. The predicted molar refractivity (Wildman–Crippen MR) is 47.2 cm³/mol. The Morgan fingerprint density at radius 2 is 1.90 bits per heavy atom. The fourth-order valence-corrected chi connectivity index (χ4v) is 0.647. The van der Waals surface area contributed by atoms with Gasteiger partial charge in [0.15, 0.2) is 0 Å². The molecule has 1 heteroatoms. The lowest BCUT2D eigenvalue weighted by atomic mass is 10.0. The normalized spacial score (nSPS) is 12.8. The lowest BCUT2D eigenvalue weighted by Crippen LogP contribution is -2.35. The highest BCUT2D eigenvalue weighted by Gasteiger charge is 2.10. The van der Waals surface area contributed by atoms with Crippen LogP contribution in [0.3, 0.4) is 0 Å². The first-order chi connectivity index (χ1) is 4.62. The molecule has 1 N–H and O–H groups in total. The average Bonchev–Trinajstić information content (AvgIpc) is 1.89. The third kappa shape index (κ3) is 4.57. The van der Waals surface area contributed by atoms with Crippen LogP contribution < -0.4 is 5.32 Å². The van der Waals surface area contributed by atoms with Crippen LogP contribution >= 0.6 is 0 Å². The van der Waals surface area contributed by atoms with Crippen LogP contribution in [-0.2, 0) is 0 Å². The maximum Gasteiger partial charge on any atom is 0.0156 e. The molecule has 0 aromatic heterocycles. The molecule has 1 nitrogen and oxygen atoms in total. The molecular weight excluding hydrogens is 122 g/mol. The first kappa shape index (κ1) is 9.70. The molecule has 0 unspecified atom stereocenters. The Bertz CT molecular complexity index is 103. The van der Waals surface area contributed by atoms with Gasteiger partial charge in [0.25, 0.3) is 0 Å². The summed E-state index contributed by atoms with van der Waals surface area (Å²) in [5.41, 5.74) is 0.256. The van der Waals surface area contributed by atoms with Gasteiger partial charge in [-0.25, -0.2) is 0 Å². The summed E-state index contributed by atoms with van der Waals surface area (Å²) < 4.78 is 0. The molecule has 0 radical (unpaired) electrons. The van der Waals surface area contributed by atoms with Crippen molar-refractivity contribution in [2.75, 3.05) is 7.05 Å². The Hall–Kier alpha value is -0.300. The second kappa shape index (κ2) is 4.51. The Balaban J connectivity index is 3.56. The second-order valence-electron chi connectivity index (χ2n) is 3.22. The van der Waals surface area contributed by atoms with Crippen LogP contribution in [0.25, 0.3) is 0 Å². The maximum atomic E-state index is 3.25. The number of rotatable bonds is 4. The standard InChI is InChI=1S/C9H19N/c1-5-6-7-8-9(2,3)10-4/h6-7,10H,5,8H2,1-4H3/b7-6+. The van der Waals surface area contributed by atoms with Gasteiger partial charge in [-0.1, -0.05) is 19.1 Å². The molecule has 0 aliphatic carbocycles. The molecule has 0 atom stereocenters. The summed E-state index contributed by atoms with van der Waals surface area (Å²) in [7, 11) is 2.00. The van der Waals surface area contributed by atoms with E-state index in [0.717, 1.165) is 12.8 Å². The molecule has 0 bridgehead atoms. The van der Waals surface area contributed by atoms with Gasteiger partial charge >= 0.3 is 0 Å². The third-order valence-corrected chi connectivity index (χ3v) is 1.71. The minimum atomic E-state index is 0.256. The van der Waals surface area contributed by atoms with E-state index in [4.69, 9.17) is 0 Å². The van der Waals surface area contributed by atoms with E-state index >= 15 is 0 Å². The van der Waals surface area contributed by atoms with Gasteiger partial charge in [-0.15, -0.1) is 0 Å². The van der Waals surface area contributed by atoms with Crippen molar-refractivity contribution in [1.82, 2.24) is 5.32 Å². The fourth-order valence-electron chi connectivity index (χ4n) is 0.647. The number of nitrogens with one attached hydrogen (secondary N) is 1. The summed E-state index contributed by atoms with van der Waals surface area (Å²) in [5, 5.41) is 3.25. The Labute approximate surface area is 64.5 Å². The lowest BCUT2D eigenvalue weighted by Gasteiger charge is -2.21. The van der Waals surface area contributed by atoms with Gasteiger partial charge in [0.05, 0.1) is 0 Å². The molecule has 60 valence electrons. The van der Waals surface area contributed by atoms with Crippen molar-refractivity contribution >= 4 is 0 Å². The quantitative estimate of drug-likeness (QED) is 0.592. The minimum Gasteiger partial charge on any atom is -0.315 e. The van der Waals surface area contributed by atoms with Crippen LogP contribution in [0.4, 0.5) is 0 Å². The van der Waals surface area contributed by atoms with Gasteiger partial charge in [0, 0.05) is 5.54 Å². The molecule has 0 amide bonds. The first-order valence-corrected chi connectivity index (χ1v) is 3.96. The molecular formula is C9H19N. The van der Waals surface area contributed by atoms with Crippen molar-refractivity contribution in [3.63, 3.8) is 0 Å². The summed E-state index contributed by atoms with van der Waals surface area (Å²) in [6, 6.07) is 0. The van der Waals surface area contributed by atoms with Crippen LogP contribution in [0.15, 0.2) is 12.2 Å². The Morgan fingerprint density at radius 1 is 1.30 bits per heavy atom. The van der Waals surface area contributed by atoms with E-state index < -0.39 is 0 Å². The van der Waals surface area contributed by atoms with Crippen molar-refractivity contribution in [3.8, 4) is 0 Å². The summed E-state index contributed by atoms with van der Waals surface area (Å²) >= 11 is 0. The zero-order valence-electron chi connectivity index (χ0n) is 7.57. The highest BCUT2D eigenvalue weighted by atomic mass is 14.9. The Kier molecular flexibility index (Phi) is 4.37. The van der Waals surface area contributed by atoms with E-state index in [-0.39, 0.29) is 5.54 Å². The molecule has 0 saturated heterocycles. The van der Waals surface area contributed by atoms with Crippen molar-refractivity contribution in [3.05, 3.63) is 12.2 Å². The van der Waals surface area contributed by atoms with Crippen molar-refractivity contribution < 1.29 is 0 Å². The molecule has 0 aromatic carbocycles. The summed E-state index contributed by atoms with van der Waals surface area (Å²) in [6.07, 6.45) is 6.69. The summed E-state index contributed by atoms with van der Waals surface area (Å²) in [4.78, 5) is 0. The van der Waals surface area contributed by atoms with Gasteiger partial charge in [-0.3, -0.25) is 0 Å². The highest BCUT2D eigenvalue weighted by molar-refractivity contribution is 4.90. The van der Waals surface area contributed by atoms with E-state index in [1.165, 1.54) is 0 Å². The SMILES string of the molecule is CC/C=C/CC(C)(C)NC. The van der Waals surface area contributed by atoms with Gasteiger partial charge in [0.1, 0.15) is 0 Å². The number of hydrogen-bond donors (Lipinski definition) is 1. The van der Waals surface area contributed by atoms with Crippen LogP contribution in [-0.4, -0.2) is 12.6 Å². The van der Waals surface area contributed by atoms with Crippen LogP contribution in [0.1, 0.15) is 33.6 Å². The van der Waals surface area contributed by atoms with E-state index in [0.29, 0.717) is 0 Å². The lowest BCUT2D eigenvalue weighted by molar-refractivity contribution is 0.429. The monoisotopic (exact) mass is 141 g/mol. The second-order valence-corrected chi connectivity index (χ2v) is 3.22. The molecule has 0 rings (SSSR count). The van der Waals surface area contributed by atoms with E-state index in [9.17, 15) is 0 Å². The van der Waals surface area contributed by atoms with Gasteiger partial charge < -0.3 is 5.32 Å².